The van der Waals surface area contributed by atoms with Crippen LogP contribution in [0, 0.1) is 17.3 Å². The minimum atomic E-state index is -0.716. The van der Waals surface area contributed by atoms with Crippen LogP contribution in [0.5, 0.6) is 0 Å². The standard InChI is InChI=1S/C18H13FN4O/c1-2-7-23-11-13(10-20)15-9-14(3-4-16(15)23)22-18(24)12-5-6-21-17(19)8-12/h2-6,8-9,11H,1,7H2,(H,22,24). The topological polar surface area (TPSA) is 70.7 Å². The summed E-state index contributed by atoms with van der Waals surface area (Å²) in [5.74, 6) is -1.16. The second-order valence-electron chi connectivity index (χ2n) is 5.15. The Labute approximate surface area is 137 Å². The number of nitrogens with zero attached hydrogens (tertiary/aromatic N) is 3. The van der Waals surface area contributed by atoms with E-state index in [9.17, 15) is 14.4 Å². The maximum absolute atomic E-state index is 13.1. The number of nitrogens with one attached hydrogen (secondary N) is 1. The van der Waals surface area contributed by atoms with Gasteiger partial charge in [-0.05, 0) is 24.3 Å². The molecule has 0 saturated heterocycles. The maximum atomic E-state index is 13.1. The van der Waals surface area contributed by atoms with E-state index in [1.807, 2.05) is 10.6 Å². The van der Waals surface area contributed by atoms with Gasteiger partial charge in [-0.3, -0.25) is 4.79 Å². The highest BCUT2D eigenvalue weighted by Crippen LogP contribution is 2.25. The number of amides is 1. The molecule has 0 aliphatic heterocycles. The number of fused-ring (bicyclic) bond motifs is 1. The molecule has 5 nitrogen and oxygen atoms in total. The first kappa shape index (κ1) is 15.4. The zero-order valence-electron chi connectivity index (χ0n) is 12.7. The van der Waals surface area contributed by atoms with Gasteiger partial charge in [0, 0.05) is 47.2 Å². The first-order valence-electron chi connectivity index (χ1n) is 7.19. The molecule has 0 bridgehead atoms. The fourth-order valence-corrected chi connectivity index (χ4v) is 2.50. The third-order valence-electron chi connectivity index (χ3n) is 3.57. The van der Waals surface area contributed by atoms with Crippen LogP contribution in [-0.4, -0.2) is 15.5 Å². The number of rotatable bonds is 4. The number of halogens is 1. The molecule has 2 aromatic heterocycles. The van der Waals surface area contributed by atoms with Gasteiger partial charge in [-0.25, -0.2) is 4.98 Å². The Kier molecular flexibility index (Phi) is 4.08. The predicted octanol–water partition coefficient (Wildman–Crippen LogP) is 3.49. The first-order chi connectivity index (χ1) is 11.6. The van der Waals surface area contributed by atoms with Crippen molar-refractivity contribution in [3.8, 4) is 6.07 Å². The molecule has 0 aliphatic rings. The molecule has 0 aliphatic carbocycles. The molecule has 3 rings (SSSR count). The number of aromatic nitrogens is 2. The van der Waals surface area contributed by atoms with Crippen LogP contribution < -0.4 is 5.32 Å². The van der Waals surface area contributed by atoms with Crippen LogP contribution in [0.1, 0.15) is 15.9 Å². The quantitative estimate of drug-likeness (QED) is 0.591. The average molecular weight is 320 g/mol. The van der Waals surface area contributed by atoms with Gasteiger partial charge in [-0.15, -0.1) is 6.58 Å². The van der Waals surface area contributed by atoms with E-state index in [1.54, 1.807) is 24.4 Å². The highest BCUT2D eigenvalue weighted by molar-refractivity contribution is 6.05. The van der Waals surface area contributed by atoms with Crippen molar-refractivity contribution >= 4 is 22.5 Å². The number of nitriles is 1. The summed E-state index contributed by atoms with van der Waals surface area (Å²) in [5.41, 5.74) is 2.09. The summed E-state index contributed by atoms with van der Waals surface area (Å²) in [6, 6.07) is 9.92. The summed E-state index contributed by atoms with van der Waals surface area (Å²) in [7, 11) is 0. The molecule has 1 N–H and O–H groups in total. The molecule has 0 fully saturated rings. The van der Waals surface area contributed by atoms with Crippen molar-refractivity contribution in [1.82, 2.24) is 9.55 Å². The van der Waals surface area contributed by atoms with Gasteiger partial charge in [-0.2, -0.15) is 9.65 Å². The van der Waals surface area contributed by atoms with E-state index in [-0.39, 0.29) is 5.56 Å². The lowest BCUT2D eigenvalue weighted by molar-refractivity contribution is 0.102. The molecule has 0 unspecified atom stereocenters. The van der Waals surface area contributed by atoms with Gasteiger partial charge in [0.2, 0.25) is 5.95 Å². The molecule has 0 spiro atoms. The van der Waals surface area contributed by atoms with Crippen molar-refractivity contribution in [2.24, 2.45) is 0 Å². The Morgan fingerprint density at radius 2 is 2.25 bits per heavy atom. The fraction of sp³-hybridized carbons (Fsp3) is 0.0556. The largest absolute Gasteiger partial charge is 0.342 e. The molecule has 0 saturated carbocycles. The van der Waals surface area contributed by atoms with Gasteiger partial charge in [0.15, 0.2) is 0 Å². The minimum absolute atomic E-state index is 0.173. The van der Waals surface area contributed by atoms with Crippen LogP contribution >= 0.6 is 0 Å². The van der Waals surface area contributed by atoms with Gasteiger partial charge in [0.25, 0.3) is 5.91 Å². The van der Waals surface area contributed by atoms with Crippen molar-refractivity contribution in [1.29, 1.82) is 5.26 Å². The lowest BCUT2D eigenvalue weighted by Gasteiger charge is -2.06. The summed E-state index contributed by atoms with van der Waals surface area (Å²) in [4.78, 5) is 15.6. The first-order valence-corrected chi connectivity index (χ1v) is 7.19. The van der Waals surface area contributed by atoms with E-state index < -0.39 is 11.9 Å². The Morgan fingerprint density at radius 3 is 2.96 bits per heavy atom. The van der Waals surface area contributed by atoms with Crippen LogP contribution in [0.4, 0.5) is 10.1 Å². The molecule has 1 amide bonds. The number of anilines is 1. The van der Waals surface area contributed by atoms with E-state index >= 15 is 0 Å². The predicted molar refractivity (Wildman–Crippen MR) is 89.0 cm³/mol. The Balaban J connectivity index is 1.95. The molecule has 6 heteroatoms. The van der Waals surface area contributed by atoms with Gasteiger partial charge >= 0.3 is 0 Å². The average Bonchev–Trinajstić information content (AvgIpc) is 2.92. The molecule has 0 radical (unpaired) electrons. The number of pyridine rings is 1. The van der Waals surface area contributed by atoms with Gasteiger partial charge in [0.05, 0.1) is 5.56 Å². The van der Waals surface area contributed by atoms with E-state index in [0.717, 1.165) is 17.0 Å². The zero-order chi connectivity index (χ0) is 17.1. The van der Waals surface area contributed by atoms with Crippen molar-refractivity contribution in [2.75, 3.05) is 5.32 Å². The van der Waals surface area contributed by atoms with Crippen LogP contribution in [0.25, 0.3) is 10.9 Å². The number of hydrogen-bond donors (Lipinski definition) is 1. The van der Waals surface area contributed by atoms with Crippen LogP contribution in [0.2, 0.25) is 0 Å². The highest BCUT2D eigenvalue weighted by Gasteiger charge is 2.11. The van der Waals surface area contributed by atoms with E-state index in [1.165, 1.54) is 12.3 Å². The summed E-state index contributed by atoms with van der Waals surface area (Å²) < 4.78 is 15.0. The second-order valence-corrected chi connectivity index (χ2v) is 5.15. The Morgan fingerprint density at radius 1 is 1.42 bits per heavy atom. The molecular weight excluding hydrogens is 307 g/mol. The molecule has 118 valence electrons. The molecule has 2 heterocycles. The molecule has 3 aromatic rings. The summed E-state index contributed by atoms with van der Waals surface area (Å²) >= 11 is 0. The number of hydrogen-bond acceptors (Lipinski definition) is 3. The smallest absolute Gasteiger partial charge is 0.255 e. The second kappa shape index (κ2) is 6.34. The normalized spacial score (nSPS) is 10.3. The monoisotopic (exact) mass is 320 g/mol. The summed E-state index contributed by atoms with van der Waals surface area (Å²) in [5, 5.41) is 12.7. The number of allylic oxidation sites excluding steroid dienone is 1. The van der Waals surface area contributed by atoms with Crippen LogP contribution in [0.3, 0.4) is 0 Å². The van der Waals surface area contributed by atoms with E-state index in [2.05, 4.69) is 22.9 Å². The SMILES string of the molecule is C=CCn1cc(C#N)c2cc(NC(=O)c3ccnc(F)c3)ccc21. The third-order valence-corrected chi connectivity index (χ3v) is 3.57. The minimum Gasteiger partial charge on any atom is -0.342 e. The fourth-order valence-electron chi connectivity index (χ4n) is 2.50. The lowest BCUT2D eigenvalue weighted by atomic mass is 10.1. The molecule has 24 heavy (non-hydrogen) atoms. The van der Waals surface area contributed by atoms with Crippen molar-refractivity contribution in [3.63, 3.8) is 0 Å². The lowest BCUT2D eigenvalue weighted by Crippen LogP contribution is -2.12. The van der Waals surface area contributed by atoms with Crippen LogP contribution in [0.15, 0.2) is 55.4 Å². The Bertz CT molecular complexity index is 984. The summed E-state index contributed by atoms with van der Waals surface area (Å²) in [6.45, 7) is 4.28. The zero-order valence-corrected chi connectivity index (χ0v) is 12.7. The maximum Gasteiger partial charge on any atom is 0.255 e. The van der Waals surface area contributed by atoms with Crippen molar-refractivity contribution in [3.05, 3.63) is 72.5 Å². The van der Waals surface area contributed by atoms with Crippen molar-refractivity contribution in [2.45, 2.75) is 6.54 Å². The van der Waals surface area contributed by atoms with E-state index in [4.69, 9.17) is 0 Å². The van der Waals surface area contributed by atoms with Gasteiger partial charge in [-0.1, -0.05) is 6.08 Å². The summed E-state index contributed by atoms with van der Waals surface area (Å²) in [6.07, 6.45) is 4.72. The number of carbonyl (C=O) groups is 1. The molecular formula is C18H13FN4O. The van der Waals surface area contributed by atoms with E-state index in [0.29, 0.717) is 17.8 Å². The number of benzene rings is 1. The number of carbonyl (C=O) groups excluding carboxylic acids is 1. The van der Waals surface area contributed by atoms with Gasteiger partial charge in [0.1, 0.15) is 6.07 Å². The van der Waals surface area contributed by atoms with Gasteiger partial charge < -0.3 is 9.88 Å². The third kappa shape index (κ3) is 2.88. The van der Waals surface area contributed by atoms with Crippen molar-refractivity contribution < 1.29 is 9.18 Å². The highest BCUT2D eigenvalue weighted by atomic mass is 19.1. The van der Waals surface area contributed by atoms with Crippen LogP contribution in [-0.2, 0) is 6.54 Å². The molecule has 0 atom stereocenters. The molecule has 1 aromatic carbocycles. The Hall–Kier alpha value is -3.46.